The average Bonchev–Trinajstić information content (AvgIpc) is 3.18. The summed E-state index contributed by atoms with van der Waals surface area (Å²) in [4.78, 5) is 14.8. The molecule has 2 aliphatic rings. The number of carbonyl (C=O) groups is 1. The van der Waals surface area contributed by atoms with E-state index in [4.69, 9.17) is 11.6 Å². The van der Waals surface area contributed by atoms with Crippen molar-refractivity contribution in [2.75, 3.05) is 0 Å². The van der Waals surface area contributed by atoms with Crippen molar-refractivity contribution in [2.24, 2.45) is 0 Å². The highest BCUT2D eigenvalue weighted by molar-refractivity contribution is 6.30. The molecule has 1 aromatic carbocycles. The van der Waals surface area contributed by atoms with Gasteiger partial charge in [0.25, 0.3) is 0 Å². The van der Waals surface area contributed by atoms with Gasteiger partial charge in [0.15, 0.2) is 0 Å². The summed E-state index contributed by atoms with van der Waals surface area (Å²) in [6.07, 6.45) is 3.90. The molecule has 1 spiro atoms. The van der Waals surface area contributed by atoms with E-state index in [1.807, 2.05) is 24.3 Å². The minimum absolute atomic E-state index is 0.00725. The molecule has 1 atom stereocenters. The monoisotopic (exact) mass is 292 g/mol. The molecule has 1 heterocycles. The van der Waals surface area contributed by atoms with Crippen molar-refractivity contribution in [2.45, 2.75) is 57.3 Å². The molecule has 1 unspecified atom stereocenters. The summed E-state index contributed by atoms with van der Waals surface area (Å²) >= 11 is 5.97. The zero-order valence-corrected chi connectivity index (χ0v) is 12.8. The number of nitrogens with zero attached hydrogens (tertiary/aromatic N) is 1. The fraction of sp³-hybridized carbons (Fsp3) is 0.562. The summed E-state index contributed by atoms with van der Waals surface area (Å²) in [6, 6.07) is 8.13. The third-order valence-electron chi connectivity index (χ3n) is 4.61. The molecule has 1 aliphatic heterocycles. The Morgan fingerprint density at radius 1 is 1.30 bits per heavy atom. The predicted molar refractivity (Wildman–Crippen MR) is 80.5 cm³/mol. The molecule has 1 amide bonds. The minimum Gasteiger partial charge on any atom is -0.318 e. The highest BCUT2D eigenvalue weighted by Crippen LogP contribution is 2.47. The maximum absolute atomic E-state index is 12.7. The zero-order chi connectivity index (χ0) is 14.3. The summed E-state index contributed by atoms with van der Waals surface area (Å²) in [7, 11) is 0. The second-order valence-corrected chi connectivity index (χ2v) is 6.30. The van der Waals surface area contributed by atoms with Gasteiger partial charge in [0, 0.05) is 11.1 Å². The lowest BCUT2D eigenvalue weighted by atomic mass is 10.1. The Morgan fingerprint density at radius 2 is 1.90 bits per heavy atom. The molecule has 0 bridgehead atoms. The fourth-order valence-electron chi connectivity index (χ4n) is 3.19. The molecule has 1 aromatic rings. The normalized spacial score (nSPS) is 23.9. The first-order chi connectivity index (χ1) is 9.61. The van der Waals surface area contributed by atoms with Gasteiger partial charge in [-0.2, -0.15) is 0 Å². The summed E-state index contributed by atoms with van der Waals surface area (Å²) in [5, 5.41) is 4.29. The van der Waals surface area contributed by atoms with Gasteiger partial charge in [0.1, 0.15) is 11.7 Å². The van der Waals surface area contributed by atoms with Crippen molar-refractivity contribution in [1.82, 2.24) is 10.2 Å². The molecule has 3 nitrogen and oxygen atoms in total. The van der Waals surface area contributed by atoms with Crippen LogP contribution < -0.4 is 5.32 Å². The molecule has 0 aromatic heterocycles. The van der Waals surface area contributed by atoms with Gasteiger partial charge in [-0.3, -0.25) is 10.1 Å². The molecule has 1 aliphatic carbocycles. The first-order valence-corrected chi connectivity index (χ1v) is 7.85. The number of carbonyl (C=O) groups excluding carboxylic acids is 1. The van der Waals surface area contributed by atoms with Crippen LogP contribution in [0, 0.1) is 0 Å². The van der Waals surface area contributed by atoms with Crippen LogP contribution in [0.15, 0.2) is 24.3 Å². The third kappa shape index (κ3) is 2.13. The first-order valence-electron chi connectivity index (χ1n) is 7.47. The topological polar surface area (TPSA) is 32.3 Å². The smallest absolute Gasteiger partial charge is 0.244 e. The first kappa shape index (κ1) is 13.9. The van der Waals surface area contributed by atoms with Gasteiger partial charge in [0.05, 0.1) is 0 Å². The largest absolute Gasteiger partial charge is 0.318 e. The molecule has 1 saturated heterocycles. The number of amides is 1. The third-order valence-corrected chi connectivity index (χ3v) is 4.86. The summed E-state index contributed by atoms with van der Waals surface area (Å²) in [5.74, 6) is 0.283. The van der Waals surface area contributed by atoms with Crippen molar-refractivity contribution in [1.29, 1.82) is 0 Å². The predicted octanol–water partition coefficient (Wildman–Crippen LogP) is 3.49. The molecular formula is C16H21ClN2O. The van der Waals surface area contributed by atoms with E-state index < -0.39 is 0 Å². The van der Waals surface area contributed by atoms with E-state index in [0.29, 0.717) is 6.04 Å². The molecular weight excluding hydrogens is 272 g/mol. The van der Waals surface area contributed by atoms with Gasteiger partial charge in [-0.25, -0.2) is 0 Å². The lowest BCUT2D eigenvalue weighted by molar-refractivity contribution is -0.133. The van der Waals surface area contributed by atoms with Crippen LogP contribution in [0.2, 0.25) is 5.02 Å². The fourth-order valence-corrected chi connectivity index (χ4v) is 3.31. The number of hydrogen-bond donors (Lipinski definition) is 1. The van der Waals surface area contributed by atoms with Crippen molar-refractivity contribution in [3.05, 3.63) is 34.9 Å². The van der Waals surface area contributed by atoms with Crippen LogP contribution in [0.5, 0.6) is 0 Å². The Kier molecular flexibility index (Phi) is 3.51. The van der Waals surface area contributed by atoms with E-state index in [-0.39, 0.29) is 17.6 Å². The number of benzene rings is 1. The zero-order valence-electron chi connectivity index (χ0n) is 12.0. The van der Waals surface area contributed by atoms with E-state index >= 15 is 0 Å². The average molecular weight is 293 g/mol. The van der Waals surface area contributed by atoms with Crippen LogP contribution >= 0.6 is 11.6 Å². The maximum Gasteiger partial charge on any atom is 0.244 e. The lowest BCUT2D eigenvalue weighted by Crippen LogP contribution is -2.39. The number of hydrogen-bond acceptors (Lipinski definition) is 2. The molecule has 20 heavy (non-hydrogen) atoms. The lowest BCUT2D eigenvalue weighted by Gasteiger charge is -2.31. The molecule has 4 heteroatoms. The molecule has 1 saturated carbocycles. The van der Waals surface area contributed by atoms with E-state index in [2.05, 4.69) is 24.1 Å². The van der Waals surface area contributed by atoms with E-state index in [9.17, 15) is 4.79 Å². The highest BCUT2D eigenvalue weighted by atomic mass is 35.5. The van der Waals surface area contributed by atoms with E-state index in [1.54, 1.807) is 0 Å². The van der Waals surface area contributed by atoms with E-state index in [0.717, 1.165) is 36.3 Å². The van der Waals surface area contributed by atoms with E-state index in [1.165, 1.54) is 0 Å². The van der Waals surface area contributed by atoms with Crippen molar-refractivity contribution in [3.8, 4) is 0 Å². The van der Waals surface area contributed by atoms with Crippen LogP contribution in [0.3, 0.4) is 0 Å². The maximum atomic E-state index is 12.7. The SMILES string of the molecule is CCC(CC)N1C(=O)C2(CC2)NC1c1ccc(Cl)cc1. The van der Waals surface area contributed by atoms with Gasteiger partial charge >= 0.3 is 0 Å². The second kappa shape index (κ2) is 5.05. The van der Waals surface area contributed by atoms with Crippen LogP contribution in [0.1, 0.15) is 51.3 Å². The van der Waals surface area contributed by atoms with Gasteiger partial charge in [-0.15, -0.1) is 0 Å². The van der Waals surface area contributed by atoms with Crippen molar-refractivity contribution >= 4 is 17.5 Å². The van der Waals surface area contributed by atoms with Gasteiger partial charge < -0.3 is 4.90 Å². The minimum atomic E-state index is -0.271. The summed E-state index contributed by atoms with van der Waals surface area (Å²) < 4.78 is 0. The van der Waals surface area contributed by atoms with Crippen molar-refractivity contribution in [3.63, 3.8) is 0 Å². The Bertz CT molecular complexity index is 506. The Morgan fingerprint density at radius 3 is 2.40 bits per heavy atom. The Hall–Kier alpha value is -1.06. The second-order valence-electron chi connectivity index (χ2n) is 5.86. The van der Waals surface area contributed by atoms with Crippen molar-refractivity contribution < 1.29 is 4.79 Å². The van der Waals surface area contributed by atoms with Crippen LogP contribution in [0.25, 0.3) is 0 Å². The molecule has 108 valence electrons. The summed E-state index contributed by atoms with van der Waals surface area (Å²) in [6.45, 7) is 4.30. The molecule has 1 N–H and O–H groups in total. The molecule has 2 fully saturated rings. The quantitative estimate of drug-likeness (QED) is 0.921. The van der Waals surface area contributed by atoms with Gasteiger partial charge in [-0.05, 0) is 43.4 Å². The Labute approximate surface area is 125 Å². The van der Waals surface area contributed by atoms with Crippen LogP contribution in [-0.4, -0.2) is 22.4 Å². The van der Waals surface area contributed by atoms with Gasteiger partial charge in [-0.1, -0.05) is 37.6 Å². The van der Waals surface area contributed by atoms with Crippen LogP contribution in [0.4, 0.5) is 0 Å². The highest BCUT2D eigenvalue weighted by Gasteiger charge is 2.60. The van der Waals surface area contributed by atoms with Gasteiger partial charge in [0.2, 0.25) is 5.91 Å². The Balaban J connectivity index is 1.94. The summed E-state index contributed by atoms with van der Waals surface area (Å²) in [5.41, 5.74) is 0.853. The standard InChI is InChI=1S/C16H21ClN2O/c1-3-13(4-2)19-14(11-5-7-12(17)8-6-11)18-16(9-10-16)15(19)20/h5-8,13-14,18H,3-4,9-10H2,1-2H3. The molecule has 0 radical (unpaired) electrons. The molecule has 3 rings (SSSR count). The van der Waals surface area contributed by atoms with Crippen LogP contribution in [-0.2, 0) is 4.79 Å². The number of nitrogens with one attached hydrogen (secondary N) is 1. The number of rotatable bonds is 4. The number of halogens is 1.